The molecule has 1 unspecified atom stereocenters. The predicted octanol–water partition coefficient (Wildman–Crippen LogP) is 3.39. The van der Waals surface area contributed by atoms with Crippen LogP contribution in [0, 0.1) is 6.92 Å². The summed E-state index contributed by atoms with van der Waals surface area (Å²) in [6.45, 7) is 4.73. The lowest BCUT2D eigenvalue weighted by molar-refractivity contribution is 0.170. The number of aliphatic hydroxyl groups is 1. The van der Waals surface area contributed by atoms with E-state index in [0.717, 1.165) is 11.3 Å². The molecule has 2 N–H and O–H groups in total. The van der Waals surface area contributed by atoms with Crippen molar-refractivity contribution >= 4 is 0 Å². The van der Waals surface area contributed by atoms with Crippen molar-refractivity contribution in [3.63, 3.8) is 0 Å². The van der Waals surface area contributed by atoms with Crippen LogP contribution in [0.2, 0.25) is 0 Å². The van der Waals surface area contributed by atoms with Crippen LogP contribution in [-0.4, -0.2) is 18.8 Å². The molecule has 0 saturated heterocycles. The van der Waals surface area contributed by atoms with Gasteiger partial charge in [-0.05, 0) is 42.7 Å². The van der Waals surface area contributed by atoms with Crippen LogP contribution >= 0.6 is 0 Å². The molecular weight excluding hydrogens is 262 g/mol. The molecule has 0 aliphatic rings. The van der Waals surface area contributed by atoms with E-state index in [1.54, 1.807) is 7.11 Å². The number of rotatable bonds is 6. The first-order valence-electron chi connectivity index (χ1n) is 7.22. The molecule has 0 aliphatic heterocycles. The third-order valence-electron chi connectivity index (χ3n) is 3.77. The summed E-state index contributed by atoms with van der Waals surface area (Å²) in [5.41, 5.74) is 3.41. The minimum absolute atomic E-state index is 0.207. The van der Waals surface area contributed by atoms with E-state index in [0.29, 0.717) is 6.54 Å². The highest BCUT2D eigenvalue weighted by atomic mass is 16.5. The predicted molar refractivity (Wildman–Crippen MR) is 85.6 cm³/mol. The molecule has 0 fully saturated rings. The van der Waals surface area contributed by atoms with Crippen molar-refractivity contribution in [2.45, 2.75) is 26.0 Å². The second kappa shape index (κ2) is 7.25. The fourth-order valence-corrected chi connectivity index (χ4v) is 2.41. The number of methoxy groups -OCH3 is 1. The van der Waals surface area contributed by atoms with Gasteiger partial charge in [-0.25, -0.2) is 0 Å². The number of ether oxygens (including phenoxy) is 1. The molecule has 3 nitrogen and oxygen atoms in total. The van der Waals surface area contributed by atoms with Gasteiger partial charge < -0.3 is 15.2 Å². The first-order valence-corrected chi connectivity index (χ1v) is 7.22. The molecule has 2 atom stereocenters. The normalized spacial score (nSPS) is 13.7. The summed E-state index contributed by atoms with van der Waals surface area (Å²) in [5.74, 6) is 0.798. The summed E-state index contributed by atoms with van der Waals surface area (Å²) in [4.78, 5) is 0. The van der Waals surface area contributed by atoms with Crippen LogP contribution in [0.5, 0.6) is 5.75 Å². The van der Waals surface area contributed by atoms with Gasteiger partial charge in [0, 0.05) is 12.6 Å². The van der Waals surface area contributed by atoms with Gasteiger partial charge in [-0.2, -0.15) is 0 Å². The van der Waals surface area contributed by atoms with Crippen molar-refractivity contribution in [3.8, 4) is 5.75 Å². The standard InChI is InChI=1S/C18H23NO2/c1-13-6-4-5-7-17(13)14(2)19-12-18(20)15-8-10-16(21-3)11-9-15/h4-11,14,18-20H,12H2,1-3H3/t14-,18?/m0/s1. The zero-order chi connectivity index (χ0) is 15.2. The monoisotopic (exact) mass is 285 g/mol. The zero-order valence-electron chi connectivity index (χ0n) is 12.8. The Bertz CT molecular complexity index is 566. The lowest BCUT2D eigenvalue weighted by atomic mass is 10.0. The van der Waals surface area contributed by atoms with E-state index < -0.39 is 6.10 Å². The summed E-state index contributed by atoms with van der Waals surface area (Å²) >= 11 is 0. The maximum absolute atomic E-state index is 10.2. The van der Waals surface area contributed by atoms with Crippen molar-refractivity contribution < 1.29 is 9.84 Å². The van der Waals surface area contributed by atoms with Crippen LogP contribution in [0.15, 0.2) is 48.5 Å². The van der Waals surface area contributed by atoms with E-state index in [4.69, 9.17) is 4.74 Å². The number of nitrogens with one attached hydrogen (secondary N) is 1. The van der Waals surface area contributed by atoms with Crippen LogP contribution in [0.4, 0.5) is 0 Å². The molecule has 0 heterocycles. The van der Waals surface area contributed by atoms with Gasteiger partial charge in [-0.15, -0.1) is 0 Å². The van der Waals surface area contributed by atoms with Crippen molar-refractivity contribution in [2.75, 3.05) is 13.7 Å². The Labute approximate surface area is 126 Å². The van der Waals surface area contributed by atoms with Gasteiger partial charge in [-0.3, -0.25) is 0 Å². The molecule has 0 saturated carbocycles. The molecule has 2 rings (SSSR count). The fourth-order valence-electron chi connectivity index (χ4n) is 2.41. The number of hydrogen-bond acceptors (Lipinski definition) is 3. The molecule has 0 bridgehead atoms. The first kappa shape index (κ1) is 15.5. The molecule has 0 spiro atoms. The van der Waals surface area contributed by atoms with Crippen molar-refractivity contribution in [3.05, 3.63) is 65.2 Å². The molecule has 2 aromatic carbocycles. The zero-order valence-corrected chi connectivity index (χ0v) is 12.8. The Morgan fingerprint density at radius 1 is 1.10 bits per heavy atom. The Kier molecular flexibility index (Phi) is 5.37. The highest BCUT2D eigenvalue weighted by molar-refractivity contribution is 5.29. The molecule has 3 heteroatoms. The molecule has 21 heavy (non-hydrogen) atoms. The number of aliphatic hydroxyl groups excluding tert-OH is 1. The van der Waals surface area contributed by atoms with E-state index in [1.807, 2.05) is 36.4 Å². The van der Waals surface area contributed by atoms with E-state index in [2.05, 4.69) is 31.3 Å². The van der Waals surface area contributed by atoms with Crippen LogP contribution in [-0.2, 0) is 0 Å². The average Bonchev–Trinajstić information content (AvgIpc) is 2.52. The van der Waals surface area contributed by atoms with E-state index in [1.165, 1.54) is 11.1 Å². The highest BCUT2D eigenvalue weighted by Gasteiger charge is 2.11. The first-order chi connectivity index (χ1) is 10.1. The summed E-state index contributed by atoms with van der Waals surface area (Å²) in [7, 11) is 1.64. The maximum atomic E-state index is 10.2. The van der Waals surface area contributed by atoms with E-state index >= 15 is 0 Å². The van der Waals surface area contributed by atoms with Crippen LogP contribution in [0.3, 0.4) is 0 Å². The average molecular weight is 285 g/mol. The number of aryl methyl sites for hydroxylation is 1. The topological polar surface area (TPSA) is 41.5 Å². The third-order valence-corrected chi connectivity index (χ3v) is 3.77. The van der Waals surface area contributed by atoms with Crippen molar-refractivity contribution in [2.24, 2.45) is 0 Å². The lowest BCUT2D eigenvalue weighted by Crippen LogP contribution is -2.25. The summed E-state index contributed by atoms with van der Waals surface area (Å²) < 4.78 is 5.12. The molecule has 0 amide bonds. The maximum Gasteiger partial charge on any atom is 0.118 e. The molecule has 0 aromatic heterocycles. The largest absolute Gasteiger partial charge is 0.497 e. The highest BCUT2D eigenvalue weighted by Crippen LogP contribution is 2.20. The molecule has 0 aliphatic carbocycles. The molecule has 0 radical (unpaired) electrons. The van der Waals surface area contributed by atoms with Gasteiger partial charge in [0.1, 0.15) is 5.75 Å². The van der Waals surface area contributed by atoms with Crippen LogP contribution in [0.25, 0.3) is 0 Å². The van der Waals surface area contributed by atoms with Crippen LogP contribution in [0.1, 0.15) is 35.8 Å². The number of benzene rings is 2. The lowest BCUT2D eigenvalue weighted by Gasteiger charge is -2.19. The Morgan fingerprint density at radius 3 is 2.38 bits per heavy atom. The van der Waals surface area contributed by atoms with Gasteiger partial charge in [0.05, 0.1) is 13.2 Å². The smallest absolute Gasteiger partial charge is 0.118 e. The summed E-state index contributed by atoms with van der Waals surface area (Å²) in [6.07, 6.45) is -0.526. The summed E-state index contributed by atoms with van der Waals surface area (Å²) in [5, 5.41) is 13.6. The van der Waals surface area contributed by atoms with Gasteiger partial charge in [0.15, 0.2) is 0 Å². The van der Waals surface area contributed by atoms with Crippen molar-refractivity contribution in [1.82, 2.24) is 5.32 Å². The minimum atomic E-state index is -0.526. The Morgan fingerprint density at radius 2 is 1.76 bits per heavy atom. The Hall–Kier alpha value is -1.84. The molecular formula is C18H23NO2. The van der Waals surface area contributed by atoms with Gasteiger partial charge >= 0.3 is 0 Å². The molecule has 112 valence electrons. The van der Waals surface area contributed by atoms with E-state index in [-0.39, 0.29) is 6.04 Å². The van der Waals surface area contributed by atoms with Gasteiger partial charge in [0.25, 0.3) is 0 Å². The Balaban J connectivity index is 1.94. The summed E-state index contributed by atoms with van der Waals surface area (Å²) in [6, 6.07) is 16.0. The van der Waals surface area contributed by atoms with Gasteiger partial charge in [-0.1, -0.05) is 36.4 Å². The quantitative estimate of drug-likeness (QED) is 0.855. The SMILES string of the molecule is COc1ccc(C(O)CN[C@@H](C)c2ccccc2C)cc1. The second-order valence-electron chi connectivity index (χ2n) is 5.28. The van der Waals surface area contributed by atoms with Gasteiger partial charge in [0.2, 0.25) is 0 Å². The molecule has 2 aromatic rings. The van der Waals surface area contributed by atoms with Crippen LogP contribution < -0.4 is 10.1 Å². The minimum Gasteiger partial charge on any atom is -0.497 e. The fraction of sp³-hybridized carbons (Fsp3) is 0.333. The third kappa shape index (κ3) is 4.06. The van der Waals surface area contributed by atoms with Crippen molar-refractivity contribution in [1.29, 1.82) is 0 Å². The number of hydrogen-bond donors (Lipinski definition) is 2. The second-order valence-corrected chi connectivity index (χ2v) is 5.28. The van der Waals surface area contributed by atoms with E-state index in [9.17, 15) is 5.11 Å².